The van der Waals surface area contributed by atoms with Crippen LogP contribution in [-0.2, 0) is 4.74 Å². The first-order valence-corrected chi connectivity index (χ1v) is 25.2. The highest BCUT2D eigenvalue weighted by atomic mass is 32.1. The van der Waals surface area contributed by atoms with Gasteiger partial charge in [0.15, 0.2) is 5.05 Å². The van der Waals surface area contributed by atoms with Crippen molar-refractivity contribution in [3.05, 3.63) is 0 Å². The van der Waals surface area contributed by atoms with Gasteiger partial charge in [-0.25, -0.2) is 0 Å². The molecule has 4 heteroatoms. The molecule has 2 nitrogen and oxygen atoms in total. The Labute approximate surface area is 346 Å². The summed E-state index contributed by atoms with van der Waals surface area (Å²) in [6.45, 7) is 11.6. The summed E-state index contributed by atoms with van der Waals surface area (Å²) in [7, 11) is 0. The Morgan fingerprint density at radius 1 is 0.491 bits per heavy atom. The van der Waals surface area contributed by atoms with E-state index in [4.69, 9.17) is 29.2 Å². The van der Waals surface area contributed by atoms with Crippen molar-refractivity contribution < 1.29 is 4.74 Å². The molecule has 0 aromatic carbocycles. The van der Waals surface area contributed by atoms with Crippen molar-refractivity contribution in [1.29, 1.82) is 0 Å². The van der Waals surface area contributed by atoms with Gasteiger partial charge in [0.05, 0.1) is 11.5 Å². The summed E-state index contributed by atoms with van der Waals surface area (Å²) in [5, 5.41) is 4.07. The minimum absolute atomic E-state index is 0.0712. The molecule has 0 saturated heterocycles. The van der Waals surface area contributed by atoms with Gasteiger partial charge in [-0.2, -0.15) is 0 Å². The molecule has 0 aliphatic heterocycles. The molecular weight excluding hydrogens is 683 g/mol. The first-order valence-electron chi connectivity index (χ1n) is 24.4. The topological polar surface area (TPSA) is 21.3 Å². The van der Waals surface area contributed by atoms with Gasteiger partial charge in [-0.15, -0.1) is 0 Å². The van der Waals surface area contributed by atoms with E-state index in [1.54, 1.807) is 0 Å². The number of ether oxygens (including phenoxy) is 1. The Hall–Kier alpha value is -0.220. The quantitative estimate of drug-likeness (QED) is 0.0494. The lowest BCUT2D eigenvalue weighted by atomic mass is 9.94. The van der Waals surface area contributed by atoms with E-state index in [2.05, 4.69) is 33.0 Å². The van der Waals surface area contributed by atoms with Crippen LogP contribution in [0.25, 0.3) is 0 Å². The third kappa shape index (κ3) is 42.8. The van der Waals surface area contributed by atoms with Crippen molar-refractivity contribution in [1.82, 2.24) is 5.32 Å². The van der Waals surface area contributed by atoms with Gasteiger partial charge < -0.3 is 10.1 Å². The Morgan fingerprint density at radius 2 is 0.792 bits per heavy atom. The van der Waals surface area contributed by atoms with Crippen LogP contribution >= 0.6 is 24.4 Å². The normalized spacial score (nSPS) is 13.2. The van der Waals surface area contributed by atoms with Gasteiger partial charge in [0.1, 0.15) is 6.10 Å². The number of hydrogen-bond donors (Lipinski definition) is 1. The molecule has 316 valence electrons. The predicted octanol–water partition coefficient (Wildman–Crippen LogP) is 17.8. The molecule has 0 aromatic rings. The maximum Gasteiger partial charge on any atom is 0.163 e. The lowest BCUT2D eigenvalue weighted by Gasteiger charge is -2.22. The van der Waals surface area contributed by atoms with E-state index < -0.39 is 0 Å². The second-order valence-electron chi connectivity index (χ2n) is 17.3. The number of thiocarbonyl (C=S) groups is 2. The van der Waals surface area contributed by atoms with Crippen LogP contribution in [0, 0.1) is 11.8 Å². The Kier molecular flexibility index (Phi) is 42.7. The molecule has 0 amide bonds. The van der Waals surface area contributed by atoms with Crippen molar-refractivity contribution in [3.8, 4) is 0 Å². The summed E-state index contributed by atoms with van der Waals surface area (Å²) >= 11 is 11.0. The van der Waals surface area contributed by atoms with Gasteiger partial charge in [-0.3, -0.25) is 0 Å². The molecule has 1 fully saturated rings. The molecule has 0 bridgehead atoms. The summed E-state index contributed by atoms with van der Waals surface area (Å²) in [5.74, 6) is 1.59. The molecular formula is C49H97NOS2. The van der Waals surface area contributed by atoms with E-state index in [-0.39, 0.29) is 6.10 Å². The smallest absolute Gasteiger partial charge is 0.163 e. The highest BCUT2D eigenvalue weighted by Crippen LogP contribution is 2.34. The molecule has 53 heavy (non-hydrogen) atoms. The fraction of sp³-hybridized carbons (Fsp3) is 0.959. The molecule has 0 radical (unpaired) electrons. The van der Waals surface area contributed by atoms with Crippen molar-refractivity contribution in [2.24, 2.45) is 11.8 Å². The third-order valence-electron chi connectivity index (χ3n) is 11.5. The molecule has 1 aliphatic carbocycles. The fourth-order valence-corrected chi connectivity index (χ4v) is 8.10. The zero-order chi connectivity index (χ0) is 38.9. The van der Waals surface area contributed by atoms with Gasteiger partial charge in [0.25, 0.3) is 0 Å². The number of rotatable bonds is 40. The van der Waals surface area contributed by atoms with Crippen molar-refractivity contribution in [2.75, 3.05) is 6.54 Å². The van der Waals surface area contributed by atoms with Gasteiger partial charge in [-0.05, 0) is 44.8 Å². The highest BCUT2D eigenvalue weighted by molar-refractivity contribution is 7.80. The molecule has 0 aromatic heterocycles. The molecule has 1 N–H and O–H groups in total. The van der Waals surface area contributed by atoms with Crippen LogP contribution in [0.5, 0.6) is 0 Å². The Morgan fingerprint density at radius 3 is 1.09 bits per heavy atom. The average molecular weight is 780 g/mol. The summed E-state index contributed by atoms with van der Waals surface area (Å²) in [5.41, 5.74) is 0. The van der Waals surface area contributed by atoms with Crippen LogP contribution in [0.2, 0.25) is 0 Å². The Balaban J connectivity index is 0.00000160. The molecule has 1 rings (SSSR count). The summed E-state index contributed by atoms with van der Waals surface area (Å²) in [4.78, 5) is 0.820. The Bertz CT molecular complexity index is 725. The van der Waals surface area contributed by atoms with Crippen LogP contribution in [0.1, 0.15) is 279 Å². The second kappa shape index (κ2) is 42.9. The highest BCUT2D eigenvalue weighted by Gasteiger charge is 2.20. The molecule has 1 unspecified atom stereocenters. The van der Waals surface area contributed by atoms with Gasteiger partial charge in [-0.1, -0.05) is 264 Å². The van der Waals surface area contributed by atoms with E-state index in [1.807, 2.05) is 6.92 Å². The van der Waals surface area contributed by atoms with E-state index >= 15 is 0 Å². The molecule has 1 saturated carbocycles. The van der Waals surface area contributed by atoms with E-state index in [0.29, 0.717) is 5.92 Å². The summed E-state index contributed by atoms with van der Waals surface area (Å²) in [6.07, 6.45) is 53.9. The third-order valence-corrected chi connectivity index (χ3v) is 12.1. The first kappa shape index (κ1) is 52.8. The van der Waals surface area contributed by atoms with Crippen molar-refractivity contribution in [3.63, 3.8) is 0 Å². The van der Waals surface area contributed by atoms with Crippen molar-refractivity contribution >= 4 is 34.5 Å². The lowest BCUT2D eigenvalue weighted by molar-refractivity contribution is 0.197. The molecule has 1 atom stereocenters. The van der Waals surface area contributed by atoms with E-state index in [0.717, 1.165) is 22.5 Å². The minimum Gasteiger partial charge on any atom is -0.482 e. The molecule has 1 aliphatic rings. The SMILES string of the molecule is CCCCCCCCCCCC1CC1.CCCCCCCCCCCCCCC(CCCCCCCCCCCCCC)C(=S)OC(C)CNC(C)=S. The van der Waals surface area contributed by atoms with Gasteiger partial charge in [0.2, 0.25) is 0 Å². The number of hydrogen-bond acceptors (Lipinski definition) is 3. The molecule has 0 heterocycles. The van der Waals surface area contributed by atoms with Gasteiger partial charge in [0, 0.05) is 5.92 Å². The maximum atomic E-state index is 6.19. The predicted molar refractivity (Wildman–Crippen MR) is 249 cm³/mol. The zero-order valence-corrected chi connectivity index (χ0v) is 38.7. The number of unbranched alkanes of at least 4 members (excludes halogenated alkanes) is 30. The number of nitrogens with one attached hydrogen (secondary N) is 1. The monoisotopic (exact) mass is 780 g/mol. The van der Waals surface area contributed by atoms with Crippen LogP contribution in [0.3, 0.4) is 0 Å². The van der Waals surface area contributed by atoms with Crippen LogP contribution in [0.4, 0.5) is 0 Å². The zero-order valence-electron chi connectivity index (χ0n) is 37.0. The van der Waals surface area contributed by atoms with Crippen LogP contribution in [0.15, 0.2) is 0 Å². The average Bonchev–Trinajstić information content (AvgIpc) is 3.98. The minimum atomic E-state index is 0.0712. The van der Waals surface area contributed by atoms with Crippen LogP contribution in [-0.4, -0.2) is 22.7 Å². The second-order valence-corrected chi connectivity index (χ2v) is 18.3. The van der Waals surface area contributed by atoms with Crippen molar-refractivity contribution in [2.45, 2.75) is 285 Å². The molecule has 0 spiro atoms. The van der Waals surface area contributed by atoms with Gasteiger partial charge >= 0.3 is 0 Å². The summed E-state index contributed by atoms with van der Waals surface area (Å²) < 4.78 is 6.19. The van der Waals surface area contributed by atoms with E-state index in [1.165, 1.54) is 244 Å². The first-order chi connectivity index (χ1) is 25.9. The standard InChI is InChI=1S/C35H69NOS2.C14H28/c1-5-7-9-11-13-15-17-19-21-23-25-27-29-34(35(39)37-32(3)31-36-33(4)38)30-28-26-24-22-20-18-16-14-12-10-8-6-2;1-2-3-4-5-6-7-8-9-10-11-14-12-13-14/h32,34H,5-31H2,1-4H3,(H,36,38);14H,2-13H2,1H3. The van der Waals surface area contributed by atoms with Crippen LogP contribution < -0.4 is 5.32 Å². The summed E-state index contributed by atoms with van der Waals surface area (Å²) in [6, 6.07) is 0. The fourth-order valence-electron chi connectivity index (χ4n) is 7.62. The largest absolute Gasteiger partial charge is 0.482 e. The maximum absolute atomic E-state index is 6.19. The van der Waals surface area contributed by atoms with E-state index in [9.17, 15) is 0 Å². The lowest BCUT2D eigenvalue weighted by Crippen LogP contribution is -2.32.